The predicted molar refractivity (Wildman–Crippen MR) is 90.8 cm³/mol. The lowest BCUT2D eigenvalue weighted by molar-refractivity contribution is -0.123. The van der Waals surface area contributed by atoms with Gasteiger partial charge in [-0.25, -0.2) is 0 Å². The minimum Gasteiger partial charge on any atom is -0.495 e. The largest absolute Gasteiger partial charge is 0.495 e. The quantitative estimate of drug-likeness (QED) is 0.833. The van der Waals surface area contributed by atoms with Crippen molar-refractivity contribution in [2.45, 2.75) is 20.3 Å². The highest BCUT2D eigenvalue weighted by atomic mass is 16.5. The van der Waals surface area contributed by atoms with Gasteiger partial charge in [0.1, 0.15) is 12.2 Å². The van der Waals surface area contributed by atoms with Crippen molar-refractivity contribution in [3.8, 4) is 5.75 Å². The van der Waals surface area contributed by atoms with E-state index in [-0.39, 0.29) is 12.3 Å². The minimum absolute atomic E-state index is 0.259. The Kier molecular flexibility index (Phi) is 5.36. The van der Waals surface area contributed by atoms with Gasteiger partial charge in [-0.15, -0.1) is 0 Å². The first kappa shape index (κ1) is 16.5. The predicted octanol–water partition coefficient (Wildman–Crippen LogP) is 3.28. The summed E-state index contributed by atoms with van der Waals surface area (Å²) in [6.45, 7) is 3.85. The SMILES string of the molecule is COc1ccccc1NC(=O)CC(=O)Nc1cc(C)ccc1C. The molecule has 0 fully saturated rings. The second-order valence-electron chi connectivity index (χ2n) is 5.29. The first-order valence-corrected chi connectivity index (χ1v) is 7.29. The van der Waals surface area contributed by atoms with Crippen molar-refractivity contribution < 1.29 is 14.3 Å². The first-order chi connectivity index (χ1) is 11.0. The number of nitrogens with one attached hydrogen (secondary N) is 2. The third-order valence-corrected chi connectivity index (χ3v) is 3.37. The van der Waals surface area contributed by atoms with Crippen molar-refractivity contribution in [2.75, 3.05) is 17.7 Å². The van der Waals surface area contributed by atoms with Gasteiger partial charge in [-0.3, -0.25) is 9.59 Å². The van der Waals surface area contributed by atoms with Crippen LogP contribution in [0.15, 0.2) is 42.5 Å². The number of carbonyl (C=O) groups excluding carboxylic acids is 2. The molecule has 0 heterocycles. The molecule has 0 radical (unpaired) electrons. The number of rotatable bonds is 5. The molecule has 0 saturated heterocycles. The molecule has 2 N–H and O–H groups in total. The molecule has 0 atom stereocenters. The lowest BCUT2D eigenvalue weighted by atomic mass is 10.1. The molecule has 5 heteroatoms. The highest BCUT2D eigenvalue weighted by molar-refractivity contribution is 6.08. The molecular weight excluding hydrogens is 292 g/mol. The van der Waals surface area contributed by atoms with Crippen LogP contribution in [0.1, 0.15) is 17.5 Å². The van der Waals surface area contributed by atoms with E-state index in [1.807, 2.05) is 38.1 Å². The van der Waals surface area contributed by atoms with Crippen LogP contribution in [0, 0.1) is 13.8 Å². The van der Waals surface area contributed by atoms with Gasteiger partial charge in [-0.1, -0.05) is 24.3 Å². The summed E-state index contributed by atoms with van der Waals surface area (Å²) >= 11 is 0. The fraction of sp³-hybridized carbons (Fsp3) is 0.222. The van der Waals surface area contributed by atoms with E-state index in [2.05, 4.69) is 10.6 Å². The summed E-state index contributed by atoms with van der Waals surface area (Å²) in [5, 5.41) is 5.44. The molecule has 0 aromatic heterocycles. The molecule has 0 saturated carbocycles. The highest BCUT2D eigenvalue weighted by Crippen LogP contribution is 2.23. The molecule has 0 spiro atoms. The molecule has 2 aromatic carbocycles. The van der Waals surface area contributed by atoms with E-state index in [0.717, 1.165) is 16.8 Å². The Morgan fingerprint density at radius 2 is 1.61 bits per heavy atom. The Balaban J connectivity index is 1.97. The van der Waals surface area contributed by atoms with E-state index in [9.17, 15) is 9.59 Å². The molecular formula is C18H20N2O3. The maximum atomic E-state index is 12.0. The molecule has 23 heavy (non-hydrogen) atoms. The van der Waals surface area contributed by atoms with Gasteiger partial charge < -0.3 is 15.4 Å². The van der Waals surface area contributed by atoms with E-state index in [4.69, 9.17) is 4.74 Å². The molecule has 0 aliphatic carbocycles. The van der Waals surface area contributed by atoms with Crippen molar-refractivity contribution in [1.82, 2.24) is 0 Å². The van der Waals surface area contributed by atoms with Crippen LogP contribution in [0.25, 0.3) is 0 Å². The number of anilines is 2. The van der Waals surface area contributed by atoms with Crippen LogP contribution in [-0.4, -0.2) is 18.9 Å². The number of benzene rings is 2. The maximum Gasteiger partial charge on any atom is 0.233 e. The number of hydrogen-bond donors (Lipinski definition) is 2. The lowest BCUT2D eigenvalue weighted by Crippen LogP contribution is -2.22. The molecule has 0 unspecified atom stereocenters. The topological polar surface area (TPSA) is 67.4 Å². The average molecular weight is 312 g/mol. The van der Waals surface area contributed by atoms with Gasteiger partial charge in [-0.2, -0.15) is 0 Å². The van der Waals surface area contributed by atoms with E-state index in [1.54, 1.807) is 18.2 Å². The summed E-state index contributed by atoms with van der Waals surface area (Å²) in [6, 6.07) is 12.8. The summed E-state index contributed by atoms with van der Waals surface area (Å²) in [5.41, 5.74) is 3.26. The van der Waals surface area contributed by atoms with Crippen LogP contribution in [0.4, 0.5) is 11.4 Å². The van der Waals surface area contributed by atoms with Crippen LogP contribution < -0.4 is 15.4 Å². The molecule has 2 aromatic rings. The van der Waals surface area contributed by atoms with Crippen LogP contribution in [0.5, 0.6) is 5.75 Å². The van der Waals surface area contributed by atoms with E-state index < -0.39 is 5.91 Å². The molecule has 120 valence electrons. The second-order valence-corrected chi connectivity index (χ2v) is 5.29. The molecule has 0 aliphatic heterocycles. The highest BCUT2D eigenvalue weighted by Gasteiger charge is 2.12. The van der Waals surface area contributed by atoms with Crippen molar-refractivity contribution in [1.29, 1.82) is 0 Å². The van der Waals surface area contributed by atoms with Crippen molar-refractivity contribution in [3.63, 3.8) is 0 Å². The zero-order chi connectivity index (χ0) is 16.8. The summed E-state index contributed by atoms with van der Waals surface area (Å²) in [6.07, 6.45) is -0.259. The molecule has 5 nitrogen and oxygen atoms in total. The summed E-state index contributed by atoms with van der Waals surface area (Å²) in [4.78, 5) is 24.0. The number of ether oxygens (including phenoxy) is 1. The lowest BCUT2D eigenvalue weighted by Gasteiger charge is -2.11. The Morgan fingerprint density at radius 1 is 0.957 bits per heavy atom. The molecule has 0 bridgehead atoms. The van der Waals surface area contributed by atoms with Gasteiger partial charge in [0.05, 0.1) is 12.8 Å². The fourth-order valence-electron chi connectivity index (χ4n) is 2.15. The third kappa shape index (κ3) is 4.57. The van der Waals surface area contributed by atoms with E-state index in [1.165, 1.54) is 7.11 Å². The van der Waals surface area contributed by atoms with Gasteiger partial charge in [-0.05, 0) is 43.2 Å². The van der Waals surface area contributed by atoms with Gasteiger partial charge in [0.2, 0.25) is 11.8 Å². The Labute approximate surface area is 135 Å². The zero-order valence-corrected chi connectivity index (χ0v) is 13.5. The number of carbonyl (C=O) groups is 2. The van der Waals surface area contributed by atoms with Gasteiger partial charge in [0.25, 0.3) is 0 Å². The number of hydrogen-bond acceptors (Lipinski definition) is 3. The smallest absolute Gasteiger partial charge is 0.233 e. The Morgan fingerprint density at radius 3 is 2.30 bits per heavy atom. The fourth-order valence-corrected chi connectivity index (χ4v) is 2.15. The summed E-state index contributed by atoms with van der Waals surface area (Å²) in [7, 11) is 1.53. The normalized spacial score (nSPS) is 10.0. The van der Waals surface area contributed by atoms with Gasteiger partial charge in [0.15, 0.2) is 0 Å². The van der Waals surface area contributed by atoms with Crippen LogP contribution in [0.2, 0.25) is 0 Å². The second kappa shape index (κ2) is 7.45. The number of methoxy groups -OCH3 is 1. The number of amides is 2. The summed E-state index contributed by atoms with van der Waals surface area (Å²) in [5.74, 6) is -0.195. The third-order valence-electron chi connectivity index (χ3n) is 3.37. The molecule has 2 amide bonds. The van der Waals surface area contributed by atoms with Gasteiger partial charge >= 0.3 is 0 Å². The number of para-hydroxylation sites is 2. The maximum absolute atomic E-state index is 12.0. The first-order valence-electron chi connectivity index (χ1n) is 7.29. The van der Waals surface area contributed by atoms with Crippen LogP contribution in [0.3, 0.4) is 0 Å². The average Bonchev–Trinajstić information content (AvgIpc) is 2.51. The van der Waals surface area contributed by atoms with E-state index >= 15 is 0 Å². The van der Waals surface area contributed by atoms with Crippen molar-refractivity contribution >= 4 is 23.2 Å². The van der Waals surface area contributed by atoms with Gasteiger partial charge in [0, 0.05) is 5.69 Å². The molecule has 0 aliphatic rings. The van der Waals surface area contributed by atoms with Crippen LogP contribution >= 0.6 is 0 Å². The van der Waals surface area contributed by atoms with Crippen molar-refractivity contribution in [2.24, 2.45) is 0 Å². The monoisotopic (exact) mass is 312 g/mol. The standard InChI is InChI=1S/C18H20N2O3/c1-12-8-9-13(2)15(10-12)20-18(22)11-17(21)19-14-6-4-5-7-16(14)23-3/h4-10H,11H2,1-3H3,(H,19,21)(H,20,22). The van der Waals surface area contributed by atoms with Crippen LogP contribution in [-0.2, 0) is 9.59 Å². The molecule has 2 rings (SSSR count). The minimum atomic E-state index is -0.391. The Hall–Kier alpha value is -2.82. The van der Waals surface area contributed by atoms with E-state index in [0.29, 0.717) is 11.4 Å². The summed E-state index contributed by atoms with van der Waals surface area (Å²) < 4.78 is 5.16. The number of aryl methyl sites for hydroxylation is 2. The Bertz CT molecular complexity index is 726. The van der Waals surface area contributed by atoms with Crippen molar-refractivity contribution in [3.05, 3.63) is 53.6 Å². The zero-order valence-electron chi connectivity index (χ0n) is 13.5.